The van der Waals surface area contributed by atoms with Crippen LogP contribution in [-0.4, -0.2) is 56.4 Å². The van der Waals surface area contributed by atoms with E-state index in [0.717, 1.165) is 26.4 Å². The first kappa shape index (κ1) is 21.5. The highest BCUT2D eigenvalue weighted by Crippen LogP contribution is 2.32. The molecule has 1 heterocycles. The van der Waals surface area contributed by atoms with Gasteiger partial charge in [0.25, 0.3) is 5.69 Å². The van der Waals surface area contributed by atoms with Crippen LogP contribution in [0.15, 0.2) is 40.8 Å². The number of nitro groups is 1. The smallest absolute Gasteiger partial charge is 0.344 e. The Bertz CT molecular complexity index is 874. The number of rotatable bonds is 9. The molecule has 0 spiro atoms. The molecule has 0 aromatic heterocycles. The quantitative estimate of drug-likeness (QED) is 0.0869. The van der Waals surface area contributed by atoms with Crippen molar-refractivity contribution in [2.75, 3.05) is 20.8 Å². The number of non-ortho nitro benzene ring substituents is 1. The number of allylic oxidation sites excluding steroid dienone is 1. The summed E-state index contributed by atoms with van der Waals surface area (Å²) in [6, 6.07) is 4.54. The van der Waals surface area contributed by atoms with Gasteiger partial charge in [0, 0.05) is 24.7 Å². The highest BCUT2D eigenvalue weighted by atomic mass is 32.2. The maximum atomic E-state index is 12.5. The summed E-state index contributed by atoms with van der Waals surface area (Å²) in [5.41, 5.74) is -0.378. The minimum atomic E-state index is -3.70. The van der Waals surface area contributed by atoms with Crippen LogP contribution >= 0.6 is 0 Å². The molecule has 28 heavy (non-hydrogen) atoms. The second-order valence-corrected chi connectivity index (χ2v) is 7.90. The van der Waals surface area contributed by atoms with Crippen LogP contribution in [0.3, 0.4) is 0 Å². The van der Waals surface area contributed by atoms with Gasteiger partial charge in [-0.25, -0.2) is 18.0 Å². The lowest BCUT2D eigenvalue weighted by Gasteiger charge is -2.06. The molecule has 2 unspecified atom stereocenters. The van der Waals surface area contributed by atoms with Crippen molar-refractivity contribution in [2.24, 2.45) is 0 Å². The van der Waals surface area contributed by atoms with E-state index in [2.05, 4.69) is 9.47 Å². The number of ether oxygens (including phenoxy) is 2. The molecule has 0 amide bonds. The molecule has 0 radical (unpaired) electrons. The summed E-state index contributed by atoms with van der Waals surface area (Å²) < 4.78 is 35.4. The van der Waals surface area contributed by atoms with Crippen LogP contribution < -0.4 is 0 Å². The fourth-order valence-electron chi connectivity index (χ4n) is 2.64. The maximum Gasteiger partial charge on any atom is 0.344 e. The van der Waals surface area contributed by atoms with Crippen molar-refractivity contribution in [3.05, 3.63) is 46.0 Å². The maximum absolute atomic E-state index is 12.5. The van der Waals surface area contributed by atoms with Crippen molar-refractivity contribution in [3.8, 4) is 0 Å². The number of methoxy groups -OCH3 is 2. The van der Waals surface area contributed by atoms with E-state index in [1.807, 2.05) is 0 Å². The molecular formula is C17H20N2O8S. The number of sulfonamides is 1. The molecule has 0 aliphatic carbocycles. The van der Waals surface area contributed by atoms with Gasteiger partial charge in [-0.05, 0) is 31.4 Å². The third-order valence-corrected chi connectivity index (χ3v) is 6.15. The molecule has 1 aliphatic rings. The van der Waals surface area contributed by atoms with Crippen molar-refractivity contribution in [1.29, 1.82) is 0 Å². The molecule has 10 nitrogen and oxygen atoms in total. The average molecular weight is 412 g/mol. The summed E-state index contributed by atoms with van der Waals surface area (Å²) >= 11 is 0. The number of hydrogen-bond donors (Lipinski definition) is 0. The second-order valence-electron chi connectivity index (χ2n) is 6.01. The predicted molar refractivity (Wildman–Crippen MR) is 96.7 cm³/mol. The largest absolute Gasteiger partial charge is 0.465 e. The highest BCUT2D eigenvalue weighted by molar-refractivity contribution is 7.89. The number of unbranched alkanes of at least 4 members (excludes halogenated alkanes) is 1. The molecule has 0 N–H and O–H groups in total. The van der Waals surface area contributed by atoms with Crippen molar-refractivity contribution in [3.63, 3.8) is 0 Å². The van der Waals surface area contributed by atoms with Gasteiger partial charge in [0.1, 0.15) is 5.57 Å². The molecule has 1 aromatic rings. The van der Waals surface area contributed by atoms with E-state index in [-0.39, 0.29) is 22.2 Å². The van der Waals surface area contributed by atoms with Crippen LogP contribution in [0.25, 0.3) is 0 Å². The number of esters is 2. The van der Waals surface area contributed by atoms with Crippen LogP contribution in [0, 0.1) is 10.1 Å². The predicted octanol–water partition coefficient (Wildman–Crippen LogP) is 1.41. The average Bonchev–Trinajstić information content (AvgIpc) is 3.47. The fourth-order valence-corrected chi connectivity index (χ4v) is 4.25. The molecule has 1 aliphatic heterocycles. The first-order chi connectivity index (χ1) is 13.2. The summed E-state index contributed by atoms with van der Waals surface area (Å²) in [6.45, 7) is 0.351. The molecule has 2 atom stereocenters. The standard InChI is InChI=1S/C17H20N2O8S/c1-26-16(20)15(17(21)27-2)6-4-3-5-13-11-18(13)28(24,25)14-9-7-12(8-10-14)19(22)23/h6-10,13H,3-5,11H2,1-2H3. The van der Waals surface area contributed by atoms with Crippen LogP contribution in [-0.2, 0) is 29.1 Å². The fraction of sp³-hybridized carbons (Fsp3) is 0.412. The number of benzene rings is 1. The number of hydrogen-bond acceptors (Lipinski definition) is 8. The molecule has 1 aromatic carbocycles. The van der Waals surface area contributed by atoms with Gasteiger partial charge in [-0.15, -0.1) is 0 Å². The molecule has 152 valence electrons. The highest BCUT2D eigenvalue weighted by Gasteiger charge is 2.43. The topological polar surface area (TPSA) is 133 Å². The number of nitro benzene ring substituents is 1. The summed E-state index contributed by atoms with van der Waals surface area (Å²) in [5, 5.41) is 10.7. The third kappa shape index (κ3) is 4.93. The Morgan fingerprint density at radius 3 is 2.29 bits per heavy atom. The zero-order valence-electron chi connectivity index (χ0n) is 15.4. The summed E-state index contributed by atoms with van der Waals surface area (Å²) in [6.07, 6.45) is 2.88. The Morgan fingerprint density at radius 1 is 1.21 bits per heavy atom. The summed E-state index contributed by atoms with van der Waals surface area (Å²) in [5.74, 6) is -1.58. The van der Waals surface area contributed by atoms with E-state index in [4.69, 9.17) is 0 Å². The van der Waals surface area contributed by atoms with E-state index < -0.39 is 26.9 Å². The number of carbonyl (C=O) groups is 2. The molecule has 2 rings (SSSR count). The van der Waals surface area contributed by atoms with Crippen LogP contribution in [0.5, 0.6) is 0 Å². The molecule has 1 saturated heterocycles. The van der Waals surface area contributed by atoms with Gasteiger partial charge in [-0.2, -0.15) is 4.31 Å². The van der Waals surface area contributed by atoms with Crippen LogP contribution in [0.4, 0.5) is 5.69 Å². The number of carbonyl (C=O) groups excluding carboxylic acids is 2. The van der Waals surface area contributed by atoms with Gasteiger partial charge in [0.15, 0.2) is 0 Å². The van der Waals surface area contributed by atoms with E-state index >= 15 is 0 Å². The van der Waals surface area contributed by atoms with E-state index in [0.29, 0.717) is 25.8 Å². The lowest BCUT2D eigenvalue weighted by atomic mass is 10.1. The Kier molecular flexibility index (Phi) is 6.86. The Labute approximate surface area is 161 Å². The number of nitrogens with zero attached hydrogens (tertiary/aromatic N) is 2. The lowest BCUT2D eigenvalue weighted by Crippen LogP contribution is -2.16. The zero-order chi connectivity index (χ0) is 20.9. The van der Waals surface area contributed by atoms with Gasteiger partial charge in [-0.1, -0.05) is 6.08 Å². The zero-order valence-corrected chi connectivity index (χ0v) is 16.2. The first-order valence-corrected chi connectivity index (χ1v) is 9.79. The van der Waals surface area contributed by atoms with Gasteiger partial charge in [0.05, 0.1) is 24.0 Å². The van der Waals surface area contributed by atoms with Crippen molar-refractivity contribution in [1.82, 2.24) is 4.31 Å². The Hall–Kier alpha value is -2.79. The van der Waals surface area contributed by atoms with Gasteiger partial charge < -0.3 is 9.47 Å². The van der Waals surface area contributed by atoms with Crippen LogP contribution in [0.2, 0.25) is 0 Å². The van der Waals surface area contributed by atoms with Gasteiger partial charge in [-0.3, -0.25) is 10.1 Å². The molecule has 0 bridgehead atoms. The van der Waals surface area contributed by atoms with Crippen molar-refractivity contribution in [2.45, 2.75) is 30.2 Å². The molecular weight excluding hydrogens is 392 g/mol. The normalized spacial score (nSPS) is 18.1. The van der Waals surface area contributed by atoms with Crippen molar-refractivity contribution < 1.29 is 32.4 Å². The molecule has 1 fully saturated rings. The van der Waals surface area contributed by atoms with Crippen molar-refractivity contribution >= 4 is 27.6 Å². The molecule has 11 heteroatoms. The monoisotopic (exact) mass is 412 g/mol. The van der Waals surface area contributed by atoms with E-state index in [1.54, 1.807) is 0 Å². The second kappa shape index (κ2) is 8.93. The van der Waals surface area contributed by atoms with Gasteiger partial charge >= 0.3 is 11.9 Å². The van der Waals surface area contributed by atoms with Crippen LogP contribution in [0.1, 0.15) is 19.3 Å². The minimum absolute atomic E-state index is 0.000774. The van der Waals surface area contributed by atoms with E-state index in [9.17, 15) is 28.1 Å². The summed E-state index contributed by atoms with van der Waals surface area (Å²) in [7, 11) is -1.38. The Balaban J connectivity index is 1.91. The van der Waals surface area contributed by atoms with E-state index in [1.165, 1.54) is 22.5 Å². The molecule has 0 saturated carbocycles. The minimum Gasteiger partial charge on any atom is -0.465 e. The first-order valence-electron chi connectivity index (χ1n) is 8.35. The lowest BCUT2D eigenvalue weighted by molar-refractivity contribution is -0.384. The SMILES string of the molecule is COC(=O)C(=CCCCC1CN1S(=O)(=O)c1ccc([N+](=O)[O-])cc1)C(=O)OC. The summed E-state index contributed by atoms with van der Waals surface area (Å²) in [4.78, 5) is 33.1. The third-order valence-electron chi connectivity index (χ3n) is 4.22. The van der Waals surface area contributed by atoms with Gasteiger partial charge in [0.2, 0.25) is 10.0 Å². The Morgan fingerprint density at radius 2 is 1.79 bits per heavy atom.